The molecule has 0 aliphatic carbocycles. The van der Waals surface area contributed by atoms with Gasteiger partial charge in [-0.15, -0.1) is 0 Å². The summed E-state index contributed by atoms with van der Waals surface area (Å²) >= 11 is 1.78. The van der Waals surface area contributed by atoms with Gasteiger partial charge in [-0.1, -0.05) is 19.1 Å². The summed E-state index contributed by atoms with van der Waals surface area (Å²) in [5.74, 6) is 0.926. The van der Waals surface area contributed by atoms with Gasteiger partial charge in [-0.2, -0.15) is 11.3 Å². The van der Waals surface area contributed by atoms with Gasteiger partial charge >= 0.3 is 0 Å². The van der Waals surface area contributed by atoms with E-state index in [9.17, 15) is 0 Å². The number of rotatable bonds is 8. The van der Waals surface area contributed by atoms with E-state index in [0.717, 1.165) is 31.6 Å². The summed E-state index contributed by atoms with van der Waals surface area (Å²) in [4.78, 5) is 0. The maximum atomic E-state index is 5.19. The van der Waals surface area contributed by atoms with Gasteiger partial charge in [0.15, 0.2) is 0 Å². The van der Waals surface area contributed by atoms with Crippen molar-refractivity contribution >= 4 is 11.3 Å². The fraction of sp³-hybridized carbons (Fsp3) is 0.412. The van der Waals surface area contributed by atoms with Gasteiger partial charge in [-0.05, 0) is 65.9 Å². The zero-order valence-electron chi connectivity index (χ0n) is 12.3. The van der Waals surface area contributed by atoms with Crippen molar-refractivity contribution < 1.29 is 4.74 Å². The average Bonchev–Trinajstić information content (AvgIpc) is 2.98. The standard InChI is InChI=1S/C17H23NOS/c1-3-18-16(12-15-10-11-20-13-15)7-4-14-5-8-17(19-2)9-6-14/h5-6,8-11,13,16,18H,3-4,7,12H2,1-2H3. The number of ether oxygens (including phenoxy) is 1. The van der Waals surface area contributed by atoms with Crippen LogP contribution in [0.5, 0.6) is 5.75 Å². The van der Waals surface area contributed by atoms with Crippen molar-refractivity contribution in [3.8, 4) is 5.75 Å². The first-order valence-electron chi connectivity index (χ1n) is 7.19. The molecule has 2 nitrogen and oxygen atoms in total. The van der Waals surface area contributed by atoms with E-state index in [-0.39, 0.29) is 0 Å². The Morgan fingerprint density at radius 1 is 1.15 bits per heavy atom. The van der Waals surface area contributed by atoms with Gasteiger partial charge in [0, 0.05) is 6.04 Å². The Morgan fingerprint density at radius 2 is 1.95 bits per heavy atom. The minimum absolute atomic E-state index is 0.553. The normalized spacial score (nSPS) is 12.3. The van der Waals surface area contributed by atoms with Crippen LogP contribution in [0, 0.1) is 0 Å². The van der Waals surface area contributed by atoms with Crippen molar-refractivity contribution in [2.75, 3.05) is 13.7 Å². The third-order valence-electron chi connectivity index (χ3n) is 3.50. The number of benzene rings is 1. The molecule has 0 radical (unpaired) electrons. The van der Waals surface area contributed by atoms with Gasteiger partial charge in [-0.3, -0.25) is 0 Å². The highest BCUT2D eigenvalue weighted by Crippen LogP contribution is 2.15. The van der Waals surface area contributed by atoms with Gasteiger partial charge in [0.1, 0.15) is 5.75 Å². The van der Waals surface area contributed by atoms with Gasteiger partial charge < -0.3 is 10.1 Å². The molecule has 108 valence electrons. The summed E-state index contributed by atoms with van der Waals surface area (Å²) in [7, 11) is 1.71. The molecule has 0 saturated carbocycles. The molecule has 0 saturated heterocycles. The van der Waals surface area contributed by atoms with E-state index in [1.54, 1.807) is 18.4 Å². The second-order valence-electron chi connectivity index (χ2n) is 4.98. The lowest BCUT2D eigenvalue weighted by molar-refractivity contribution is 0.414. The molecule has 1 unspecified atom stereocenters. The first kappa shape index (κ1) is 15.1. The molecule has 1 aromatic heterocycles. The molecule has 0 amide bonds. The summed E-state index contributed by atoms with van der Waals surface area (Å²) in [6.07, 6.45) is 3.38. The Balaban J connectivity index is 1.87. The number of nitrogens with one attached hydrogen (secondary N) is 1. The molecule has 20 heavy (non-hydrogen) atoms. The zero-order valence-corrected chi connectivity index (χ0v) is 13.1. The predicted octanol–water partition coefficient (Wildman–Crippen LogP) is 3.91. The minimum atomic E-state index is 0.553. The summed E-state index contributed by atoms with van der Waals surface area (Å²) in [6, 6.07) is 11.2. The van der Waals surface area contributed by atoms with Crippen LogP contribution in [0.15, 0.2) is 41.1 Å². The molecule has 0 fully saturated rings. The van der Waals surface area contributed by atoms with Crippen LogP contribution >= 0.6 is 11.3 Å². The van der Waals surface area contributed by atoms with Crippen LogP contribution in [0.25, 0.3) is 0 Å². The first-order valence-corrected chi connectivity index (χ1v) is 8.13. The number of aryl methyl sites for hydroxylation is 1. The van der Waals surface area contributed by atoms with E-state index in [2.05, 4.69) is 41.2 Å². The van der Waals surface area contributed by atoms with Gasteiger partial charge in [0.05, 0.1) is 7.11 Å². The van der Waals surface area contributed by atoms with Crippen LogP contribution in [0.2, 0.25) is 0 Å². The topological polar surface area (TPSA) is 21.3 Å². The van der Waals surface area contributed by atoms with E-state index in [1.165, 1.54) is 11.1 Å². The SMILES string of the molecule is CCNC(CCc1ccc(OC)cc1)Cc1ccsc1. The monoisotopic (exact) mass is 289 g/mol. The highest BCUT2D eigenvalue weighted by Gasteiger charge is 2.09. The highest BCUT2D eigenvalue weighted by atomic mass is 32.1. The van der Waals surface area contributed by atoms with Crippen LogP contribution in [0.3, 0.4) is 0 Å². The molecule has 1 aromatic carbocycles. The molecule has 0 bridgehead atoms. The third kappa shape index (κ3) is 4.66. The Kier molecular flexibility index (Phi) is 6.09. The van der Waals surface area contributed by atoms with Crippen molar-refractivity contribution in [2.45, 2.75) is 32.2 Å². The quantitative estimate of drug-likeness (QED) is 0.795. The highest BCUT2D eigenvalue weighted by molar-refractivity contribution is 7.07. The molecule has 0 aliphatic rings. The molecule has 0 aliphatic heterocycles. The van der Waals surface area contributed by atoms with Gasteiger partial charge in [0.2, 0.25) is 0 Å². The Morgan fingerprint density at radius 3 is 2.55 bits per heavy atom. The lowest BCUT2D eigenvalue weighted by Crippen LogP contribution is -2.31. The summed E-state index contributed by atoms with van der Waals surface area (Å²) in [5.41, 5.74) is 2.81. The maximum absolute atomic E-state index is 5.19. The molecule has 0 spiro atoms. The second-order valence-corrected chi connectivity index (χ2v) is 5.76. The molecule has 3 heteroatoms. The summed E-state index contributed by atoms with van der Waals surface area (Å²) in [6.45, 7) is 3.20. The molecule has 1 heterocycles. The molecule has 1 atom stereocenters. The van der Waals surface area contributed by atoms with Crippen molar-refractivity contribution in [1.29, 1.82) is 0 Å². The van der Waals surface area contributed by atoms with Crippen LogP contribution < -0.4 is 10.1 Å². The van der Waals surface area contributed by atoms with Crippen molar-refractivity contribution in [3.63, 3.8) is 0 Å². The molecular weight excluding hydrogens is 266 g/mol. The Bertz CT molecular complexity index is 478. The van der Waals surface area contributed by atoms with Gasteiger partial charge in [-0.25, -0.2) is 0 Å². The number of methoxy groups -OCH3 is 1. The zero-order chi connectivity index (χ0) is 14.2. The van der Waals surface area contributed by atoms with Crippen molar-refractivity contribution in [2.24, 2.45) is 0 Å². The lowest BCUT2D eigenvalue weighted by atomic mass is 10.0. The fourth-order valence-corrected chi connectivity index (χ4v) is 3.07. The third-order valence-corrected chi connectivity index (χ3v) is 4.23. The Hall–Kier alpha value is -1.32. The van der Waals surface area contributed by atoms with E-state index < -0.39 is 0 Å². The maximum Gasteiger partial charge on any atom is 0.118 e. The molecule has 1 N–H and O–H groups in total. The lowest BCUT2D eigenvalue weighted by Gasteiger charge is -2.17. The molecule has 2 rings (SSSR count). The number of hydrogen-bond donors (Lipinski definition) is 1. The fourth-order valence-electron chi connectivity index (χ4n) is 2.39. The molecule has 2 aromatic rings. The second kappa shape index (κ2) is 8.08. The first-order chi connectivity index (χ1) is 9.81. The van der Waals surface area contributed by atoms with E-state index >= 15 is 0 Å². The van der Waals surface area contributed by atoms with Crippen molar-refractivity contribution in [3.05, 3.63) is 52.2 Å². The Labute approximate surface area is 125 Å². The van der Waals surface area contributed by atoms with E-state index in [4.69, 9.17) is 4.74 Å². The van der Waals surface area contributed by atoms with Gasteiger partial charge in [0.25, 0.3) is 0 Å². The largest absolute Gasteiger partial charge is 0.497 e. The van der Waals surface area contributed by atoms with Crippen LogP contribution in [0.1, 0.15) is 24.5 Å². The summed E-state index contributed by atoms with van der Waals surface area (Å²) in [5, 5.41) is 8.00. The van der Waals surface area contributed by atoms with E-state index in [0.29, 0.717) is 6.04 Å². The predicted molar refractivity (Wildman–Crippen MR) is 86.8 cm³/mol. The number of thiophene rings is 1. The number of likely N-dealkylation sites (N-methyl/N-ethyl adjacent to an activating group) is 1. The van der Waals surface area contributed by atoms with Crippen molar-refractivity contribution in [1.82, 2.24) is 5.32 Å². The average molecular weight is 289 g/mol. The summed E-state index contributed by atoms with van der Waals surface area (Å²) < 4.78 is 5.19. The minimum Gasteiger partial charge on any atom is -0.497 e. The number of hydrogen-bond acceptors (Lipinski definition) is 3. The smallest absolute Gasteiger partial charge is 0.118 e. The van der Waals surface area contributed by atoms with Crippen LogP contribution in [-0.2, 0) is 12.8 Å². The van der Waals surface area contributed by atoms with Crippen LogP contribution in [-0.4, -0.2) is 19.7 Å². The van der Waals surface area contributed by atoms with Crippen LogP contribution in [0.4, 0.5) is 0 Å². The molecular formula is C17H23NOS. The van der Waals surface area contributed by atoms with E-state index in [1.807, 2.05) is 12.1 Å².